The number of phenols is 1. The zero-order chi connectivity index (χ0) is 15.6. The van der Waals surface area contributed by atoms with Crippen LogP contribution >= 0.6 is 56.8 Å². The van der Waals surface area contributed by atoms with E-state index in [1.54, 1.807) is 30.3 Å². The van der Waals surface area contributed by atoms with Gasteiger partial charge in [0.15, 0.2) is 0 Å². The van der Waals surface area contributed by atoms with Crippen molar-refractivity contribution in [1.82, 2.24) is 0 Å². The molecule has 2 aromatic carbocycles. The molecule has 2 aromatic rings. The van der Waals surface area contributed by atoms with E-state index in [4.69, 9.17) is 16.3 Å². The molecule has 0 spiro atoms. The van der Waals surface area contributed by atoms with Crippen LogP contribution in [0.15, 0.2) is 30.3 Å². The third-order valence-corrected chi connectivity index (χ3v) is 4.47. The first-order chi connectivity index (χ1) is 9.92. The van der Waals surface area contributed by atoms with E-state index in [9.17, 15) is 9.90 Å². The maximum absolute atomic E-state index is 12.3. The highest BCUT2D eigenvalue weighted by Gasteiger charge is 2.16. The molecule has 0 fully saturated rings. The van der Waals surface area contributed by atoms with E-state index in [0.717, 1.165) is 3.57 Å². The van der Waals surface area contributed by atoms with Gasteiger partial charge in [0.25, 0.3) is 5.91 Å². The summed E-state index contributed by atoms with van der Waals surface area (Å²) in [6.45, 7) is 0. The summed E-state index contributed by atoms with van der Waals surface area (Å²) in [5, 5.41) is 13.1. The van der Waals surface area contributed by atoms with Crippen LogP contribution in [0.5, 0.6) is 11.5 Å². The van der Waals surface area contributed by atoms with Gasteiger partial charge in [-0.15, -0.1) is 0 Å². The van der Waals surface area contributed by atoms with Gasteiger partial charge in [-0.3, -0.25) is 4.79 Å². The van der Waals surface area contributed by atoms with Gasteiger partial charge in [-0.25, -0.2) is 0 Å². The number of aromatic hydroxyl groups is 1. The Balaban J connectivity index is 2.34. The van der Waals surface area contributed by atoms with Crippen molar-refractivity contribution < 1.29 is 14.6 Å². The normalized spacial score (nSPS) is 10.3. The summed E-state index contributed by atoms with van der Waals surface area (Å²) in [7, 11) is 1.53. The molecule has 0 unspecified atom stereocenters. The molecule has 0 aliphatic heterocycles. The largest absolute Gasteiger partial charge is 0.506 e. The molecule has 0 atom stereocenters. The van der Waals surface area contributed by atoms with Gasteiger partial charge in [-0.05, 0) is 69.4 Å². The number of anilines is 1. The van der Waals surface area contributed by atoms with Gasteiger partial charge in [-0.1, -0.05) is 11.6 Å². The number of benzene rings is 2. The van der Waals surface area contributed by atoms with E-state index in [1.165, 1.54) is 7.11 Å². The highest BCUT2D eigenvalue weighted by atomic mass is 127. The van der Waals surface area contributed by atoms with E-state index in [0.29, 0.717) is 20.0 Å². The Labute approximate surface area is 154 Å². The third kappa shape index (κ3) is 3.92. The molecule has 21 heavy (non-hydrogen) atoms. The predicted octanol–water partition coefficient (Wildman–Crippen LogP) is 4.52. The summed E-state index contributed by atoms with van der Waals surface area (Å²) in [4.78, 5) is 12.3. The zero-order valence-corrected chi connectivity index (χ0v) is 15.9. The summed E-state index contributed by atoms with van der Waals surface area (Å²) in [5.74, 6) is 0.0998. The molecule has 0 heterocycles. The Morgan fingerprint density at radius 1 is 1.29 bits per heavy atom. The second kappa shape index (κ2) is 7.01. The van der Waals surface area contributed by atoms with E-state index >= 15 is 0 Å². The molecule has 7 heteroatoms. The van der Waals surface area contributed by atoms with Crippen LogP contribution in [-0.2, 0) is 0 Å². The van der Waals surface area contributed by atoms with Crippen LogP contribution in [-0.4, -0.2) is 18.1 Å². The molecular weight excluding hydrogens is 519 g/mol. The average molecular weight is 529 g/mol. The van der Waals surface area contributed by atoms with Crippen molar-refractivity contribution in [3.8, 4) is 11.5 Å². The lowest BCUT2D eigenvalue weighted by atomic mass is 10.2. The molecule has 2 rings (SSSR count). The summed E-state index contributed by atoms with van der Waals surface area (Å²) >= 11 is 10.1. The van der Waals surface area contributed by atoms with Gasteiger partial charge in [0.05, 0.1) is 27.0 Å². The van der Waals surface area contributed by atoms with Crippen molar-refractivity contribution in [2.75, 3.05) is 12.4 Å². The predicted molar refractivity (Wildman–Crippen MR) is 99.5 cm³/mol. The lowest BCUT2D eigenvalue weighted by Gasteiger charge is -2.11. The molecule has 4 nitrogen and oxygen atoms in total. The van der Waals surface area contributed by atoms with Crippen LogP contribution in [0.2, 0.25) is 5.02 Å². The Morgan fingerprint density at radius 3 is 2.67 bits per heavy atom. The monoisotopic (exact) mass is 529 g/mol. The lowest BCUT2D eigenvalue weighted by molar-refractivity contribution is 0.102. The summed E-state index contributed by atoms with van der Waals surface area (Å²) in [6.07, 6.45) is 0. The molecular formula is C14H10ClI2NO3. The van der Waals surface area contributed by atoms with E-state index in [1.807, 2.05) is 22.6 Å². The van der Waals surface area contributed by atoms with Gasteiger partial charge in [0, 0.05) is 9.64 Å². The van der Waals surface area contributed by atoms with Crippen molar-refractivity contribution in [2.45, 2.75) is 0 Å². The Kier molecular flexibility index (Phi) is 5.55. The fourth-order valence-corrected chi connectivity index (χ4v) is 3.67. The van der Waals surface area contributed by atoms with Crippen LogP contribution in [0.4, 0.5) is 5.69 Å². The van der Waals surface area contributed by atoms with Crippen molar-refractivity contribution in [3.05, 3.63) is 48.1 Å². The number of hydrogen-bond donors (Lipinski definition) is 2. The molecule has 0 aliphatic carbocycles. The number of hydrogen-bond acceptors (Lipinski definition) is 3. The second-order valence-electron chi connectivity index (χ2n) is 4.08. The number of carbonyl (C=O) groups excluding carboxylic acids is 1. The summed E-state index contributed by atoms with van der Waals surface area (Å²) in [5.41, 5.74) is 0.625. The Bertz CT molecular complexity index is 707. The minimum Gasteiger partial charge on any atom is -0.506 e. The maximum atomic E-state index is 12.3. The first-order valence-electron chi connectivity index (χ1n) is 5.75. The number of phenolic OH excluding ortho intramolecular Hbond substituents is 1. The number of methoxy groups -OCH3 is 1. The SMILES string of the molecule is COc1ccc(Cl)c(NC(=O)c2cc(I)cc(I)c2O)c1. The molecule has 0 bridgehead atoms. The molecule has 1 amide bonds. The molecule has 2 N–H and O–H groups in total. The maximum Gasteiger partial charge on any atom is 0.259 e. The zero-order valence-electron chi connectivity index (χ0n) is 10.8. The number of carbonyl (C=O) groups is 1. The van der Waals surface area contributed by atoms with Gasteiger partial charge >= 0.3 is 0 Å². The van der Waals surface area contributed by atoms with E-state index < -0.39 is 5.91 Å². The smallest absolute Gasteiger partial charge is 0.259 e. The van der Waals surface area contributed by atoms with Crippen molar-refractivity contribution >= 4 is 68.4 Å². The van der Waals surface area contributed by atoms with Crippen LogP contribution < -0.4 is 10.1 Å². The van der Waals surface area contributed by atoms with Gasteiger partial charge in [0.1, 0.15) is 11.5 Å². The number of nitrogens with one attached hydrogen (secondary N) is 1. The summed E-state index contributed by atoms with van der Waals surface area (Å²) < 4.78 is 6.57. The first-order valence-corrected chi connectivity index (χ1v) is 8.29. The minimum absolute atomic E-state index is 0.0486. The van der Waals surface area contributed by atoms with Gasteiger partial charge in [-0.2, -0.15) is 0 Å². The van der Waals surface area contributed by atoms with Crippen molar-refractivity contribution in [3.63, 3.8) is 0 Å². The molecule has 0 radical (unpaired) electrons. The number of rotatable bonds is 3. The quantitative estimate of drug-likeness (QED) is 0.576. The number of amides is 1. The van der Waals surface area contributed by atoms with E-state index in [-0.39, 0.29) is 11.3 Å². The molecule has 0 saturated heterocycles. The standard InChI is InChI=1S/C14H10ClI2NO3/c1-21-8-2-3-10(15)12(6-8)18-14(20)9-4-7(16)5-11(17)13(9)19/h2-6,19H,1H3,(H,18,20). The van der Waals surface area contributed by atoms with Crippen LogP contribution in [0.3, 0.4) is 0 Å². The van der Waals surface area contributed by atoms with Crippen LogP contribution in [0.25, 0.3) is 0 Å². The van der Waals surface area contributed by atoms with Gasteiger partial charge in [0.2, 0.25) is 0 Å². The molecule has 110 valence electrons. The topological polar surface area (TPSA) is 58.6 Å². The van der Waals surface area contributed by atoms with Crippen molar-refractivity contribution in [2.24, 2.45) is 0 Å². The average Bonchev–Trinajstić information content (AvgIpc) is 2.45. The fourth-order valence-electron chi connectivity index (χ4n) is 1.66. The highest BCUT2D eigenvalue weighted by Crippen LogP contribution is 2.30. The highest BCUT2D eigenvalue weighted by molar-refractivity contribution is 14.1. The van der Waals surface area contributed by atoms with Crippen molar-refractivity contribution in [1.29, 1.82) is 0 Å². The Hall–Kier alpha value is -0.740. The number of halogens is 3. The first kappa shape index (κ1) is 16.6. The number of ether oxygens (including phenoxy) is 1. The Morgan fingerprint density at radius 2 is 2.00 bits per heavy atom. The second-order valence-corrected chi connectivity index (χ2v) is 6.90. The van der Waals surface area contributed by atoms with Crippen LogP contribution in [0, 0.1) is 7.14 Å². The summed E-state index contributed by atoms with van der Waals surface area (Å²) in [6, 6.07) is 8.35. The lowest BCUT2D eigenvalue weighted by Crippen LogP contribution is -2.13. The van der Waals surface area contributed by atoms with E-state index in [2.05, 4.69) is 27.9 Å². The minimum atomic E-state index is -0.431. The van der Waals surface area contributed by atoms with Crippen LogP contribution in [0.1, 0.15) is 10.4 Å². The van der Waals surface area contributed by atoms with Gasteiger partial charge < -0.3 is 15.2 Å². The molecule has 0 aromatic heterocycles. The fraction of sp³-hybridized carbons (Fsp3) is 0.0714. The molecule has 0 saturated carbocycles. The third-order valence-electron chi connectivity index (χ3n) is 2.69. The molecule has 0 aliphatic rings.